The van der Waals surface area contributed by atoms with Gasteiger partial charge in [-0.15, -0.1) is 0 Å². The van der Waals surface area contributed by atoms with Gasteiger partial charge in [-0.1, -0.05) is 6.92 Å². The molecule has 16 heavy (non-hydrogen) atoms. The summed E-state index contributed by atoms with van der Waals surface area (Å²) in [4.78, 5) is 0. The first kappa shape index (κ1) is 11.0. The molecule has 3 nitrogen and oxygen atoms in total. The highest BCUT2D eigenvalue weighted by Gasteiger charge is 2.14. The first-order valence-corrected chi connectivity index (χ1v) is 5.68. The van der Waals surface area contributed by atoms with Gasteiger partial charge in [-0.3, -0.25) is 0 Å². The monoisotopic (exact) mass is 219 g/mol. The van der Waals surface area contributed by atoms with E-state index in [1.165, 1.54) is 5.56 Å². The van der Waals surface area contributed by atoms with E-state index in [0.717, 1.165) is 25.1 Å². The van der Waals surface area contributed by atoms with Gasteiger partial charge in [0.2, 0.25) is 0 Å². The van der Waals surface area contributed by atoms with Gasteiger partial charge in [-0.25, -0.2) is 0 Å². The fraction of sp³-hybridized carbons (Fsp3) is 0.385. The zero-order chi connectivity index (χ0) is 11.2. The van der Waals surface area contributed by atoms with Crippen molar-refractivity contribution in [3.8, 4) is 0 Å². The summed E-state index contributed by atoms with van der Waals surface area (Å²) in [5.41, 5.74) is 1.19. The molecule has 1 N–H and O–H groups in total. The number of rotatable bonds is 6. The fourth-order valence-electron chi connectivity index (χ4n) is 1.73. The number of hydrogen-bond acceptors (Lipinski definition) is 3. The molecule has 2 rings (SSSR count). The van der Waals surface area contributed by atoms with Crippen LogP contribution in [0.1, 0.15) is 30.7 Å². The molecule has 0 fully saturated rings. The van der Waals surface area contributed by atoms with Crippen molar-refractivity contribution in [2.75, 3.05) is 6.54 Å². The zero-order valence-electron chi connectivity index (χ0n) is 9.48. The highest BCUT2D eigenvalue weighted by atomic mass is 16.3. The molecule has 1 atom stereocenters. The Morgan fingerprint density at radius 1 is 1.31 bits per heavy atom. The second kappa shape index (κ2) is 5.56. The molecule has 3 heteroatoms. The summed E-state index contributed by atoms with van der Waals surface area (Å²) in [5, 5.41) is 3.47. The minimum absolute atomic E-state index is 0.229. The fourth-order valence-corrected chi connectivity index (χ4v) is 1.73. The third kappa shape index (κ3) is 2.76. The van der Waals surface area contributed by atoms with Crippen LogP contribution in [-0.4, -0.2) is 6.54 Å². The Bertz CT molecular complexity index is 378. The molecule has 2 aromatic rings. The lowest BCUT2D eigenvalue weighted by Gasteiger charge is -2.15. The molecule has 86 valence electrons. The van der Waals surface area contributed by atoms with Crippen LogP contribution in [0.25, 0.3) is 0 Å². The van der Waals surface area contributed by atoms with Crippen LogP contribution < -0.4 is 5.32 Å². The van der Waals surface area contributed by atoms with Gasteiger partial charge in [-0.2, -0.15) is 0 Å². The van der Waals surface area contributed by atoms with Crippen LogP contribution in [0.3, 0.4) is 0 Å². The van der Waals surface area contributed by atoms with Gasteiger partial charge in [0.25, 0.3) is 0 Å². The third-order valence-corrected chi connectivity index (χ3v) is 2.55. The third-order valence-electron chi connectivity index (χ3n) is 2.55. The van der Waals surface area contributed by atoms with Crippen LogP contribution in [0.4, 0.5) is 0 Å². The predicted octanol–water partition coefficient (Wildman–Crippen LogP) is 3.16. The molecule has 0 aliphatic heterocycles. The van der Waals surface area contributed by atoms with E-state index in [2.05, 4.69) is 12.2 Å². The molecule has 1 unspecified atom stereocenters. The largest absolute Gasteiger partial charge is 0.472 e. The lowest BCUT2D eigenvalue weighted by atomic mass is 10.1. The van der Waals surface area contributed by atoms with E-state index in [4.69, 9.17) is 8.83 Å². The number of furan rings is 2. The van der Waals surface area contributed by atoms with Crippen molar-refractivity contribution in [1.82, 2.24) is 5.32 Å². The average molecular weight is 219 g/mol. The van der Waals surface area contributed by atoms with Crippen LogP contribution in [0.15, 0.2) is 45.8 Å². The molecule has 0 aliphatic carbocycles. The Kier molecular flexibility index (Phi) is 3.83. The lowest BCUT2D eigenvalue weighted by Crippen LogP contribution is -2.23. The summed E-state index contributed by atoms with van der Waals surface area (Å²) in [5.74, 6) is 0.981. The van der Waals surface area contributed by atoms with Crippen molar-refractivity contribution in [1.29, 1.82) is 0 Å². The molecule has 0 saturated carbocycles. The maximum atomic E-state index is 5.45. The highest BCUT2D eigenvalue weighted by molar-refractivity contribution is 5.13. The maximum absolute atomic E-state index is 5.45. The summed E-state index contributed by atoms with van der Waals surface area (Å²) >= 11 is 0. The summed E-state index contributed by atoms with van der Waals surface area (Å²) in [7, 11) is 0. The van der Waals surface area contributed by atoms with Crippen molar-refractivity contribution in [3.05, 3.63) is 48.3 Å². The smallest absolute Gasteiger partial charge is 0.121 e. The van der Waals surface area contributed by atoms with Gasteiger partial charge in [0.15, 0.2) is 0 Å². The Labute approximate surface area is 95.5 Å². The molecule has 0 saturated heterocycles. The van der Waals surface area contributed by atoms with E-state index in [-0.39, 0.29) is 6.04 Å². The lowest BCUT2D eigenvalue weighted by molar-refractivity contribution is 0.409. The first-order valence-electron chi connectivity index (χ1n) is 5.68. The molecule has 0 radical (unpaired) electrons. The standard InChI is InChI=1S/C13H17NO2/c1-2-6-14-12(13-4-3-7-16-13)9-11-5-8-15-10-11/h3-5,7-8,10,12,14H,2,6,9H2,1H3. The Morgan fingerprint density at radius 2 is 2.25 bits per heavy atom. The van der Waals surface area contributed by atoms with Gasteiger partial charge in [0.05, 0.1) is 24.8 Å². The molecule has 2 aromatic heterocycles. The summed E-state index contributed by atoms with van der Waals surface area (Å²) in [6.07, 6.45) is 7.20. The minimum atomic E-state index is 0.229. The van der Waals surface area contributed by atoms with Gasteiger partial charge in [0.1, 0.15) is 5.76 Å². The molecular weight excluding hydrogens is 202 g/mol. The van der Waals surface area contributed by atoms with E-state index in [0.29, 0.717) is 0 Å². The van der Waals surface area contributed by atoms with Crippen LogP contribution in [-0.2, 0) is 6.42 Å². The Hall–Kier alpha value is -1.48. The SMILES string of the molecule is CCCNC(Cc1ccoc1)c1ccco1. The Balaban J connectivity index is 2.03. The van der Waals surface area contributed by atoms with E-state index in [1.54, 1.807) is 18.8 Å². The predicted molar refractivity (Wildman–Crippen MR) is 62.2 cm³/mol. The maximum Gasteiger partial charge on any atom is 0.121 e. The number of hydrogen-bond donors (Lipinski definition) is 1. The van der Waals surface area contributed by atoms with E-state index in [9.17, 15) is 0 Å². The number of nitrogens with one attached hydrogen (secondary N) is 1. The van der Waals surface area contributed by atoms with Crippen LogP contribution in [0.5, 0.6) is 0 Å². The molecule has 0 amide bonds. The average Bonchev–Trinajstić information content (AvgIpc) is 2.96. The summed E-state index contributed by atoms with van der Waals surface area (Å²) in [6.45, 7) is 3.15. The van der Waals surface area contributed by atoms with Crippen molar-refractivity contribution in [2.24, 2.45) is 0 Å². The second-order valence-corrected chi connectivity index (χ2v) is 3.86. The van der Waals surface area contributed by atoms with Crippen molar-refractivity contribution < 1.29 is 8.83 Å². The quantitative estimate of drug-likeness (QED) is 0.811. The van der Waals surface area contributed by atoms with Gasteiger partial charge < -0.3 is 14.2 Å². The normalized spacial score (nSPS) is 12.8. The van der Waals surface area contributed by atoms with E-state index >= 15 is 0 Å². The van der Waals surface area contributed by atoms with Crippen LogP contribution in [0.2, 0.25) is 0 Å². The van der Waals surface area contributed by atoms with Crippen molar-refractivity contribution in [2.45, 2.75) is 25.8 Å². The highest BCUT2D eigenvalue weighted by Crippen LogP contribution is 2.19. The molecular formula is C13H17NO2. The van der Waals surface area contributed by atoms with Crippen LogP contribution in [0, 0.1) is 0 Å². The van der Waals surface area contributed by atoms with E-state index in [1.807, 2.05) is 18.2 Å². The molecule has 2 heterocycles. The second-order valence-electron chi connectivity index (χ2n) is 3.86. The molecule has 0 bridgehead atoms. The minimum Gasteiger partial charge on any atom is -0.472 e. The summed E-state index contributed by atoms with van der Waals surface area (Å²) in [6, 6.07) is 6.15. The van der Waals surface area contributed by atoms with E-state index < -0.39 is 0 Å². The van der Waals surface area contributed by atoms with Crippen LogP contribution >= 0.6 is 0 Å². The Morgan fingerprint density at radius 3 is 2.88 bits per heavy atom. The zero-order valence-corrected chi connectivity index (χ0v) is 9.48. The van der Waals surface area contributed by atoms with Crippen molar-refractivity contribution >= 4 is 0 Å². The molecule has 0 aromatic carbocycles. The van der Waals surface area contributed by atoms with Crippen molar-refractivity contribution in [3.63, 3.8) is 0 Å². The van der Waals surface area contributed by atoms with Gasteiger partial charge in [0, 0.05) is 0 Å². The van der Waals surface area contributed by atoms with Gasteiger partial charge in [-0.05, 0) is 43.1 Å². The van der Waals surface area contributed by atoms with Gasteiger partial charge >= 0.3 is 0 Å². The topological polar surface area (TPSA) is 38.3 Å². The first-order chi connectivity index (χ1) is 7.90. The molecule has 0 aliphatic rings. The molecule has 0 spiro atoms. The summed E-state index contributed by atoms with van der Waals surface area (Å²) < 4.78 is 10.5.